The van der Waals surface area contributed by atoms with Gasteiger partial charge in [0.2, 0.25) is 5.91 Å². The van der Waals surface area contributed by atoms with E-state index in [1.165, 1.54) is 4.88 Å². The second-order valence-electron chi connectivity index (χ2n) is 3.97. The van der Waals surface area contributed by atoms with Crippen LogP contribution in [0.15, 0.2) is 17.5 Å². The maximum absolute atomic E-state index is 11.8. The first-order chi connectivity index (χ1) is 7.25. The molecule has 3 nitrogen and oxygen atoms in total. The standard InChI is InChI=1S/C11H16N2OS.ClH/c12-9-5-6-13(8-9)11(14)4-3-10-2-1-7-15-10;/h1-2,7,9H,3-6,8,12H2;1H. The van der Waals surface area contributed by atoms with E-state index in [0.29, 0.717) is 6.42 Å². The summed E-state index contributed by atoms with van der Waals surface area (Å²) in [6, 6.07) is 4.29. The third-order valence-corrected chi connectivity index (χ3v) is 3.68. The van der Waals surface area contributed by atoms with Crippen molar-refractivity contribution in [3.8, 4) is 0 Å². The maximum Gasteiger partial charge on any atom is 0.222 e. The molecule has 1 atom stereocenters. The lowest BCUT2D eigenvalue weighted by molar-refractivity contribution is -0.130. The van der Waals surface area contributed by atoms with Crippen LogP contribution in [0.4, 0.5) is 0 Å². The van der Waals surface area contributed by atoms with Crippen molar-refractivity contribution in [2.75, 3.05) is 13.1 Å². The van der Waals surface area contributed by atoms with Crippen LogP contribution >= 0.6 is 23.7 Å². The van der Waals surface area contributed by atoms with Gasteiger partial charge in [-0.25, -0.2) is 0 Å². The van der Waals surface area contributed by atoms with E-state index in [-0.39, 0.29) is 24.4 Å². The zero-order valence-electron chi connectivity index (χ0n) is 9.09. The summed E-state index contributed by atoms with van der Waals surface area (Å²) in [7, 11) is 0. The van der Waals surface area contributed by atoms with Gasteiger partial charge >= 0.3 is 0 Å². The second kappa shape index (κ2) is 6.23. The van der Waals surface area contributed by atoms with Gasteiger partial charge in [0.1, 0.15) is 0 Å². The number of thiophene rings is 1. The van der Waals surface area contributed by atoms with Gasteiger partial charge in [-0.05, 0) is 24.3 Å². The topological polar surface area (TPSA) is 46.3 Å². The number of amides is 1. The van der Waals surface area contributed by atoms with Crippen molar-refractivity contribution in [1.29, 1.82) is 0 Å². The minimum atomic E-state index is 0. The quantitative estimate of drug-likeness (QED) is 0.899. The third kappa shape index (κ3) is 3.47. The van der Waals surface area contributed by atoms with Gasteiger partial charge in [-0.15, -0.1) is 23.7 Å². The van der Waals surface area contributed by atoms with Crippen LogP contribution in [0.1, 0.15) is 17.7 Å². The van der Waals surface area contributed by atoms with Crippen LogP contribution in [-0.4, -0.2) is 29.9 Å². The van der Waals surface area contributed by atoms with Crippen molar-refractivity contribution in [2.24, 2.45) is 5.73 Å². The zero-order chi connectivity index (χ0) is 10.7. The van der Waals surface area contributed by atoms with E-state index in [4.69, 9.17) is 5.73 Å². The number of nitrogens with two attached hydrogens (primary N) is 1. The van der Waals surface area contributed by atoms with E-state index in [0.717, 1.165) is 25.9 Å². The van der Waals surface area contributed by atoms with Crippen LogP contribution in [0.2, 0.25) is 0 Å². The van der Waals surface area contributed by atoms with Gasteiger partial charge < -0.3 is 10.6 Å². The maximum atomic E-state index is 11.8. The summed E-state index contributed by atoms with van der Waals surface area (Å²) in [5.41, 5.74) is 5.76. The second-order valence-corrected chi connectivity index (χ2v) is 5.00. The molecular weight excluding hydrogens is 244 g/mol. The third-order valence-electron chi connectivity index (χ3n) is 2.74. The first kappa shape index (κ1) is 13.5. The van der Waals surface area contributed by atoms with Crippen molar-refractivity contribution >= 4 is 29.7 Å². The van der Waals surface area contributed by atoms with Crippen molar-refractivity contribution in [2.45, 2.75) is 25.3 Å². The van der Waals surface area contributed by atoms with Crippen LogP contribution in [-0.2, 0) is 11.2 Å². The Morgan fingerprint density at radius 3 is 3.00 bits per heavy atom. The average molecular weight is 261 g/mol. The number of carbonyl (C=O) groups excluding carboxylic acids is 1. The first-order valence-corrected chi connectivity index (χ1v) is 6.19. The van der Waals surface area contributed by atoms with Crippen LogP contribution in [0, 0.1) is 0 Å². The Hall–Kier alpha value is -0.580. The number of likely N-dealkylation sites (tertiary alicyclic amines) is 1. The van der Waals surface area contributed by atoms with Crippen LogP contribution in [0.5, 0.6) is 0 Å². The summed E-state index contributed by atoms with van der Waals surface area (Å²) in [6.07, 6.45) is 2.43. The fraction of sp³-hybridized carbons (Fsp3) is 0.545. The number of hydrogen-bond acceptors (Lipinski definition) is 3. The summed E-state index contributed by atoms with van der Waals surface area (Å²) < 4.78 is 0. The highest BCUT2D eigenvalue weighted by Crippen LogP contribution is 2.14. The van der Waals surface area contributed by atoms with E-state index in [2.05, 4.69) is 6.07 Å². The molecule has 1 aliphatic heterocycles. The van der Waals surface area contributed by atoms with Crippen LogP contribution < -0.4 is 5.73 Å². The predicted octanol–water partition coefficient (Wildman–Crippen LogP) is 1.66. The summed E-state index contributed by atoms with van der Waals surface area (Å²) in [5.74, 6) is 0.247. The minimum absolute atomic E-state index is 0. The van der Waals surface area contributed by atoms with E-state index >= 15 is 0 Å². The smallest absolute Gasteiger partial charge is 0.222 e. The van der Waals surface area contributed by atoms with Gasteiger partial charge in [0.05, 0.1) is 0 Å². The molecule has 1 aromatic heterocycles. The first-order valence-electron chi connectivity index (χ1n) is 5.31. The Balaban J connectivity index is 0.00000128. The molecule has 0 aromatic carbocycles. The highest BCUT2D eigenvalue weighted by Gasteiger charge is 2.22. The minimum Gasteiger partial charge on any atom is -0.341 e. The van der Waals surface area contributed by atoms with Gasteiger partial charge in [0.15, 0.2) is 0 Å². The fourth-order valence-electron chi connectivity index (χ4n) is 1.86. The van der Waals surface area contributed by atoms with Crippen molar-refractivity contribution in [3.05, 3.63) is 22.4 Å². The molecule has 2 heterocycles. The normalized spacial score (nSPS) is 19.6. The van der Waals surface area contributed by atoms with E-state index in [1.807, 2.05) is 16.3 Å². The molecule has 0 saturated carbocycles. The molecule has 1 saturated heterocycles. The van der Waals surface area contributed by atoms with Crippen molar-refractivity contribution in [3.63, 3.8) is 0 Å². The molecule has 0 spiro atoms. The van der Waals surface area contributed by atoms with E-state index < -0.39 is 0 Å². The Morgan fingerprint density at radius 2 is 2.44 bits per heavy atom. The molecule has 90 valence electrons. The Morgan fingerprint density at radius 1 is 1.62 bits per heavy atom. The largest absolute Gasteiger partial charge is 0.341 e. The Bertz CT molecular complexity index is 329. The average Bonchev–Trinajstić information content (AvgIpc) is 2.84. The molecule has 2 N–H and O–H groups in total. The molecule has 0 bridgehead atoms. The highest BCUT2D eigenvalue weighted by atomic mass is 35.5. The van der Waals surface area contributed by atoms with Crippen LogP contribution in [0.25, 0.3) is 0 Å². The lowest BCUT2D eigenvalue weighted by Crippen LogP contribution is -2.31. The lowest BCUT2D eigenvalue weighted by atomic mass is 10.2. The zero-order valence-corrected chi connectivity index (χ0v) is 10.7. The fourth-order valence-corrected chi connectivity index (χ4v) is 2.57. The highest BCUT2D eigenvalue weighted by molar-refractivity contribution is 7.09. The monoisotopic (exact) mass is 260 g/mol. The van der Waals surface area contributed by atoms with Crippen molar-refractivity contribution in [1.82, 2.24) is 4.90 Å². The number of hydrogen-bond donors (Lipinski definition) is 1. The molecule has 0 aliphatic carbocycles. The number of nitrogens with zero attached hydrogens (tertiary/aromatic N) is 1. The SMILES string of the molecule is Cl.NC1CCN(C(=O)CCc2cccs2)C1. The molecular formula is C11H17ClN2OS. The number of aryl methyl sites for hydroxylation is 1. The van der Waals surface area contributed by atoms with Crippen LogP contribution in [0.3, 0.4) is 0 Å². The summed E-state index contributed by atoms with van der Waals surface area (Å²) in [4.78, 5) is 14.9. The van der Waals surface area contributed by atoms with E-state index in [9.17, 15) is 4.79 Å². The number of halogens is 1. The molecule has 1 unspecified atom stereocenters. The molecule has 16 heavy (non-hydrogen) atoms. The van der Waals surface area contributed by atoms with Gasteiger partial charge in [-0.1, -0.05) is 6.07 Å². The van der Waals surface area contributed by atoms with E-state index in [1.54, 1.807) is 11.3 Å². The lowest BCUT2D eigenvalue weighted by Gasteiger charge is -2.15. The van der Waals surface area contributed by atoms with Gasteiger partial charge in [-0.2, -0.15) is 0 Å². The molecule has 1 amide bonds. The summed E-state index contributed by atoms with van der Waals surface area (Å²) >= 11 is 1.71. The van der Waals surface area contributed by atoms with Gasteiger partial charge in [0.25, 0.3) is 0 Å². The predicted molar refractivity (Wildman–Crippen MR) is 69.1 cm³/mol. The molecule has 1 aliphatic rings. The Kier molecular flexibility index (Phi) is 5.25. The van der Waals surface area contributed by atoms with Gasteiger partial charge in [0, 0.05) is 30.4 Å². The Labute approximate surface area is 106 Å². The molecule has 2 rings (SSSR count). The summed E-state index contributed by atoms with van der Waals surface area (Å²) in [6.45, 7) is 1.58. The number of carbonyl (C=O) groups is 1. The molecule has 5 heteroatoms. The molecule has 1 aromatic rings. The van der Waals surface area contributed by atoms with Gasteiger partial charge in [-0.3, -0.25) is 4.79 Å². The number of rotatable bonds is 3. The van der Waals surface area contributed by atoms with Crippen molar-refractivity contribution < 1.29 is 4.79 Å². The molecule has 0 radical (unpaired) electrons. The molecule has 1 fully saturated rings. The summed E-state index contributed by atoms with van der Waals surface area (Å²) in [5, 5.41) is 2.05.